The van der Waals surface area contributed by atoms with E-state index in [9.17, 15) is 9.59 Å². The zero-order valence-electron chi connectivity index (χ0n) is 16.1. The lowest BCUT2D eigenvalue weighted by Gasteiger charge is -2.23. The van der Waals surface area contributed by atoms with Crippen LogP contribution in [-0.2, 0) is 11.3 Å². The number of nitrogens with one attached hydrogen (secondary N) is 1. The van der Waals surface area contributed by atoms with Gasteiger partial charge in [-0.1, -0.05) is 30.3 Å². The van der Waals surface area contributed by atoms with Crippen molar-refractivity contribution in [3.05, 3.63) is 35.9 Å². The van der Waals surface area contributed by atoms with E-state index in [2.05, 4.69) is 40.5 Å². The summed E-state index contributed by atoms with van der Waals surface area (Å²) in [6, 6.07) is 10.7. The first-order chi connectivity index (χ1) is 13.1. The summed E-state index contributed by atoms with van der Waals surface area (Å²) in [4.78, 5) is 25.7. The van der Waals surface area contributed by atoms with Gasteiger partial charge in [0.2, 0.25) is 0 Å². The number of hydrogen-bond acceptors (Lipinski definition) is 4. The van der Waals surface area contributed by atoms with Crippen LogP contribution in [0.1, 0.15) is 31.2 Å². The largest absolute Gasteiger partial charge is 0.465 e. The van der Waals surface area contributed by atoms with E-state index >= 15 is 0 Å². The number of likely N-dealkylation sites (tertiary alicyclic amines) is 1. The molecule has 4 atom stereocenters. The number of hydrogen-bond donors (Lipinski definition) is 2. The van der Waals surface area contributed by atoms with Crippen LogP contribution in [-0.4, -0.2) is 66.1 Å². The van der Waals surface area contributed by atoms with Gasteiger partial charge in [0, 0.05) is 32.7 Å². The van der Waals surface area contributed by atoms with Gasteiger partial charge in [-0.15, -0.1) is 0 Å². The number of carbonyl (C=O) groups excluding carboxylic acids is 1. The van der Waals surface area contributed by atoms with Gasteiger partial charge in [0.1, 0.15) is 6.29 Å². The van der Waals surface area contributed by atoms with Crippen LogP contribution in [0.3, 0.4) is 0 Å². The van der Waals surface area contributed by atoms with E-state index in [-0.39, 0.29) is 0 Å². The van der Waals surface area contributed by atoms with Crippen molar-refractivity contribution >= 4 is 12.4 Å². The zero-order chi connectivity index (χ0) is 19.2. The van der Waals surface area contributed by atoms with Crippen molar-refractivity contribution in [1.29, 1.82) is 0 Å². The van der Waals surface area contributed by atoms with Crippen LogP contribution in [0, 0.1) is 11.8 Å². The van der Waals surface area contributed by atoms with Gasteiger partial charge in [0.25, 0.3) is 0 Å². The minimum absolute atomic E-state index is 0.544. The molecule has 2 fully saturated rings. The maximum atomic E-state index is 11.1. The monoisotopic (exact) mass is 373 g/mol. The molecule has 1 saturated carbocycles. The third kappa shape index (κ3) is 5.08. The lowest BCUT2D eigenvalue weighted by molar-refractivity contribution is -0.111. The Kier molecular flexibility index (Phi) is 6.85. The Bertz CT molecular complexity index is 624. The van der Waals surface area contributed by atoms with E-state index in [1.165, 1.54) is 32.0 Å². The van der Waals surface area contributed by atoms with Gasteiger partial charge in [-0.05, 0) is 49.6 Å². The number of aldehydes is 1. The van der Waals surface area contributed by atoms with Crippen molar-refractivity contribution in [2.45, 2.75) is 44.3 Å². The third-order valence-corrected chi connectivity index (χ3v) is 6.22. The fourth-order valence-electron chi connectivity index (χ4n) is 4.68. The second-order valence-electron chi connectivity index (χ2n) is 7.98. The van der Waals surface area contributed by atoms with Gasteiger partial charge < -0.3 is 20.1 Å². The molecule has 27 heavy (non-hydrogen) atoms. The van der Waals surface area contributed by atoms with E-state index in [4.69, 9.17) is 5.11 Å². The lowest BCUT2D eigenvalue weighted by atomic mass is 9.97. The minimum Gasteiger partial charge on any atom is -0.465 e. The predicted molar refractivity (Wildman–Crippen MR) is 105 cm³/mol. The standard InChI is InChI=1S/C21H31N3O3/c1-23(21(26)27)18(15-25)8-5-11-22-20-10-9-17-13-24(14-19(17)20)12-16-6-3-2-4-7-16/h2-4,6-7,15,17-20,22H,5,8-14H2,1H3,(H,26,27)/t17-,18+,19+,20-/m1/s1. The maximum absolute atomic E-state index is 11.1. The van der Waals surface area contributed by atoms with E-state index in [1.54, 1.807) is 0 Å². The van der Waals surface area contributed by atoms with Gasteiger partial charge in [-0.2, -0.15) is 0 Å². The number of likely N-dealkylation sites (N-methyl/N-ethyl adjacent to an activating group) is 1. The van der Waals surface area contributed by atoms with Crippen LogP contribution in [0.4, 0.5) is 4.79 Å². The molecule has 1 amide bonds. The van der Waals surface area contributed by atoms with Crippen molar-refractivity contribution in [1.82, 2.24) is 15.1 Å². The molecule has 1 heterocycles. The van der Waals surface area contributed by atoms with E-state index in [1.807, 2.05) is 0 Å². The van der Waals surface area contributed by atoms with Crippen LogP contribution in [0.5, 0.6) is 0 Å². The second-order valence-corrected chi connectivity index (χ2v) is 7.98. The SMILES string of the molecule is CN(C(=O)O)[C@H](C=O)CCCN[C@@H]1CC[C@@H]2CN(Cc3ccccc3)C[C@@H]21. The van der Waals surface area contributed by atoms with Gasteiger partial charge >= 0.3 is 6.09 Å². The molecule has 1 aliphatic heterocycles. The van der Waals surface area contributed by atoms with Gasteiger partial charge in [0.15, 0.2) is 0 Å². The molecule has 2 aliphatic rings. The first-order valence-corrected chi connectivity index (χ1v) is 9.99. The molecule has 1 aliphatic carbocycles. The van der Waals surface area contributed by atoms with E-state index < -0.39 is 12.1 Å². The van der Waals surface area contributed by atoms with Gasteiger partial charge in [0.05, 0.1) is 6.04 Å². The van der Waals surface area contributed by atoms with Crippen LogP contribution < -0.4 is 5.32 Å². The average Bonchev–Trinajstić information content (AvgIpc) is 3.23. The summed E-state index contributed by atoms with van der Waals surface area (Å²) >= 11 is 0. The number of fused-ring (bicyclic) bond motifs is 1. The fraction of sp³-hybridized carbons (Fsp3) is 0.619. The molecule has 3 rings (SSSR count). The van der Waals surface area contributed by atoms with Crippen molar-refractivity contribution < 1.29 is 14.7 Å². The summed E-state index contributed by atoms with van der Waals surface area (Å²) in [6.45, 7) is 4.21. The van der Waals surface area contributed by atoms with Crippen molar-refractivity contribution in [3.63, 3.8) is 0 Å². The molecule has 0 bridgehead atoms. The Balaban J connectivity index is 1.40. The van der Waals surface area contributed by atoms with Crippen molar-refractivity contribution in [2.24, 2.45) is 11.8 Å². The first-order valence-electron chi connectivity index (χ1n) is 9.99. The molecule has 2 N–H and O–H groups in total. The van der Waals surface area contributed by atoms with Crippen LogP contribution in [0.25, 0.3) is 0 Å². The number of rotatable bonds is 9. The van der Waals surface area contributed by atoms with Gasteiger partial charge in [-0.25, -0.2) is 4.79 Å². The molecule has 1 saturated heterocycles. The summed E-state index contributed by atoms with van der Waals surface area (Å²) in [6.07, 6.45) is 3.57. The van der Waals surface area contributed by atoms with Crippen molar-refractivity contribution in [3.8, 4) is 0 Å². The van der Waals surface area contributed by atoms with Crippen LogP contribution in [0.2, 0.25) is 0 Å². The van der Waals surface area contributed by atoms with Gasteiger partial charge in [-0.3, -0.25) is 4.90 Å². The smallest absolute Gasteiger partial charge is 0.407 e. The first kappa shape index (κ1) is 19.8. The number of benzene rings is 1. The highest BCUT2D eigenvalue weighted by Gasteiger charge is 2.42. The molecule has 1 aromatic carbocycles. The van der Waals surface area contributed by atoms with E-state index in [0.717, 1.165) is 43.2 Å². The number of amides is 1. The summed E-state index contributed by atoms with van der Waals surface area (Å²) in [5.41, 5.74) is 1.38. The molecule has 0 aromatic heterocycles. The zero-order valence-corrected chi connectivity index (χ0v) is 16.1. The summed E-state index contributed by atoms with van der Waals surface area (Å²) in [5.74, 6) is 1.49. The summed E-state index contributed by atoms with van der Waals surface area (Å²) < 4.78 is 0. The Hall–Kier alpha value is -1.92. The average molecular weight is 373 g/mol. The number of nitrogens with zero attached hydrogens (tertiary/aromatic N) is 2. The topological polar surface area (TPSA) is 72.9 Å². The quantitative estimate of drug-likeness (QED) is 0.514. The number of carbonyl (C=O) groups is 2. The Morgan fingerprint density at radius 3 is 2.81 bits per heavy atom. The maximum Gasteiger partial charge on any atom is 0.407 e. The summed E-state index contributed by atoms with van der Waals surface area (Å²) in [5, 5.41) is 12.7. The lowest BCUT2D eigenvalue weighted by Crippen LogP contribution is -2.39. The Morgan fingerprint density at radius 2 is 2.11 bits per heavy atom. The molecule has 0 unspecified atom stereocenters. The second kappa shape index (κ2) is 9.33. The molecular weight excluding hydrogens is 342 g/mol. The normalized spacial score (nSPS) is 25.9. The van der Waals surface area contributed by atoms with Crippen LogP contribution in [0.15, 0.2) is 30.3 Å². The molecule has 6 heteroatoms. The third-order valence-electron chi connectivity index (χ3n) is 6.22. The van der Waals surface area contributed by atoms with E-state index in [0.29, 0.717) is 18.4 Å². The summed E-state index contributed by atoms with van der Waals surface area (Å²) in [7, 11) is 1.45. The predicted octanol–water partition coefficient (Wildman–Crippen LogP) is 2.44. The molecule has 0 spiro atoms. The molecule has 1 aromatic rings. The molecule has 0 radical (unpaired) electrons. The fourth-order valence-corrected chi connectivity index (χ4v) is 4.68. The molecule has 6 nitrogen and oxygen atoms in total. The Labute approximate surface area is 161 Å². The minimum atomic E-state index is -1.05. The molecular formula is C21H31N3O3. The molecule has 148 valence electrons. The highest BCUT2D eigenvalue weighted by molar-refractivity contribution is 5.71. The van der Waals surface area contributed by atoms with Crippen LogP contribution >= 0.6 is 0 Å². The Morgan fingerprint density at radius 1 is 1.33 bits per heavy atom. The van der Waals surface area contributed by atoms with Crippen molar-refractivity contribution in [2.75, 3.05) is 26.7 Å². The number of carboxylic acid groups (broad SMARTS) is 1. The highest BCUT2D eigenvalue weighted by atomic mass is 16.4. The highest BCUT2D eigenvalue weighted by Crippen LogP contribution is 2.38.